The summed E-state index contributed by atoms with van der Waals surface area (Å²) in [5, 5.41) is 0. The van der Waals surface area contributed by atoms with E-state index in [-0.39, 0.29) is 0 Å². The first-order chi connectivity index (χ1) is 3.91. The van der Waals surface area contributed by atoms with Crippen molar-refractivity contribution in [3.05, 3.63) is 25.5 Å². The summed E-state index contributed by atoms with van der Waals surface area (Å²) in [5.41, 5.74) is 0. The molecule has 0 saturated carbocycles. The smallest absolute Gasteiger partial charge is 0.0320 e. The molecule has 0 aliphatic heterocycles. The molecule has 0 rings (SSSR count). The molecule has 0 spiro atoms. The largest absolute Gasteiger partial charge is 0.0917 e. The molecule has 0 heterocycles. The second-order valence-corrected chi connectivity index (χ2v) is 1.74. The van der Waals surface area contributed by atoms with E-state index >= 15 is 0 Å². The lowest BCUT2D eigenvalue weighted by atomic mass is 10.2. The monoisotopic (exact) mass is 110 g/mol. The van der Waals surface area contributed by atoms with Gasteiger partial charge in [0.05, 0.1) is 0 Å². The first kappa shape index (κ1) is 7.74. The Morgan fingerprint density at radius 2 is 2.25 bits per heavy atom. The summed E-state index contributed by atoms with van der Waals surface area (Å²) >= 11 is 0. The van der Waals surface area contributed by atoms with Gasteiger partial charge in [0.2, 0.25) is 0 Å². The van der Waals surface area contributed by atoms with E-state index in [1.54, 1.807) is 0 Å². The number of unbranched alkanes of at least 4 members (excludes halogenated alkanes) is 3. The van der Waals surface area contributed by atoms with Gasteiger partial charge >= 0.3 is 0 Å². The van der Waals surface area contributed by atoms with Crippen LogP contribution < -0.4 is 0 Å². The summed E-state index contributed by atoms with van der Waals surface area (Å²) < 4.78 is 0. The van der Waals surface area contributed by atoms with Crippen molar-refractivity contribution in [1.29, 1.82) is 0 Å². The molecule has 2 radical (unpaired) electrons. The fraction of sp³-hybridized carbons (Fsp3) is 0.500. The Hall–Kier alpha value is -0.260. The Kier molecular flexibility index (Phi) is 6.52. The van der Waals surface area contributed by atoms with Gasteiger partial charge in [-0.1, -0.05) is 25.5 Å². The van der Waals surface area contributed by atoms with E-state index < -0.39 is 0 Å². The van der Waals surface area contributed by atoms with Gasteiger partial charge in [0, 0.05) is 0 Å². The molecule has 0 atom stereocenters. The zero-order valence-electron chi connectivity index (χ0n) is 5.56. The van der Waals surface area contributed by atoms with Crippen molar-refractivity contribution in [2.24, 2.45) is 0 Å². The van der Waals surface area contributed by atoms with Gasteiger partial charge in [-0.05, 0) is 26.2 Å². The van der Waals surface area contributed by atoms with Crippen LogP contribution in [0.5, 0.6) is 0 Å². The van der Waals surface area contributed by atoms with Crippen molar-refractivity contribution in [3.8, 4) is 0 Å². The van der Waals surface area contributed by atoms with E-state index in [1.165, 1.54) is 0 Å². The minimum absolute atomic E-state index is 1.03. The Morgan fingerprint density at radius 1 is 1.50 bits per heavy atom. The molecule has 46 valence electrons. The van der Waals surface area contributed by atoms with Crippen molar-refractivity contribution >= 4 is 0 Å². The molecule has 0 saturated heterocycles. The van der Waals surface area contributed by atoms with Crippen molar-refractivity contribution in [1.82, 2.24) is 0 Å². The molecule has 0 aromatic carbocycles. The number of allylic oxidation sites excluding steroid dienone is 2. The first-order valence-electron chi connectivity index (χ1n) is 3.14. The molecule has 0 heteroatoms. The summed E-state index contributed by atoms with van der Waals surface area (Å²) in [5.74, 6) is 0. The molecular formula is C8H14. The van der Waals surface area contributed by atoms with Crippen LogP contribution in [0.3, 0.4) is 0 Å². The Labute approximate surface area is 52.6 Å². The van der Waals surface area contributed by atoms with Crippen molar-refractivity contribution < 1.29 is 0 Å². The fourth-order valence-electron chi connectivity index (χ4n) is 0.494. The maximum absolute atomic E-state index is 3.73. The van der Waals surface area contributed by atoms with Gasteiger partial charge in [0.25, 0.3) is 0 Å². The average Bonchev–Trinajstić information content (AvgIpc) is 1.81. The fourth-order valence-corrected chi connectivity index (χ4v) is 0.494. The van der Waals surface area contributed by atoms with Gasteiger partial charge in [0.15, 0.2) is 0 Å². The van der Waals surface area contributed by atoms with Gasteiger partial charge in [-0.3, -0.25) is 0 Å². The van der Waals surface area contributed by atoms with E-state index in [4.69, 9.17) is 0 Å². The van der Waals surface area contributed by atoms with Crippen LogP contribution in [0.4, 0.5) is 0 Å². The van der Waals surface area contributed by atoms with Gasteiger partial charge in [-0.2, -0.15) is 0 Å². The number of hydrogen-bond donors (Lipinski definition) is 0. The van der Waals surface area contributed by atoms with Crippen LogP contribution in [0.1, 0.15) is 26.2 Å². The van der Waals surface area contributed by atoms with E-state index in [0.29, 0.717) is 0 Å². The molecule has 0 aromatic heterocycles. The van der Waals surface area contributed by atoms with Crippen molar-refractivity contribution in [3.63, 3.8) is 0 Å². The third kappa shape index (κ3) is 5.74. The molecular weight excluding hydrogens is 96.1 g/mol. The highest BCUT2D eigenvalue weighted by atomic mass is 13.8. The number of hydrogen-bond acceptors (Lipinski definition) is 0. The molecule has 0 bridgehead atoms. The number of rotatable bonds is 4. The van der Waals surface area contributed by atoms with Gasteiger partial charge in [-0.25, -0.2) is 0 Å². The zero-order chi connectivity index (χ0) is 6.24. The minimum atomic E-state index is 1.03. The Balaban J connectivity index is 2.72. The standard InChI is InChI=1S/C8H14/c1-3-5-7-8-6-4-2/h4,6-7H,1,3,5,8H2,2H3. The summed E-state index contributed by atoms with van der Waals surface area (Å²) in [6.45, 7) is 5.77. The molecule has 0 unspecified atom stereocenters. The molecule has 0 amide bonds. The highest BCUT2D eigenvalue weighted by Crippen LogP contribution is 1.96. The van der Waals surface area contributed by atoms with Gasteiger partial charge in [-0.15, -0.1) is 0 Å². The zero-order valence-corrected chi connectivity index (χ0v) is 5.56. The maximum atomic E-state index is 3.73. The van der Waals surface area contributed by atoms with E-state index in [9.17, 15) is 0 Å². The second kappa shape index (κ2) is 6.74. The van der Waals surface area contributed by atoms with Crippen LogP contribution in [-0.4, -0.2) is 0 Å². The summed E-state index contributed by atoms with van der Waals surface area (Å²) in [4.78, 5) is 0. The molecule has 0 aliphatic carbocycles. The molecule has 0 nitrogen and oxygen atoms in total. The van der Waals surface area contributed by atoms with E-state index in [1.807, 2.05) is 6.92 Å². The Bertz CT molecular complexity index is 53.1. The topological polar surface area (TPSA) is 0 Å². The lowest BCUT2D eigenvalue weighted by molar-refractivity contribution is 0.931. The molecule has 0 aromatic rings. The molecule has 8 heavy (non-hydrogen) atoms. The molecule has 0 N–H and O–H groups in total. The van der Waals surface area contributed by atoms with E-state index in [2.05, 4.69) is 25.5 Å². The van der Waals surface area contributed by atoms with Crippen LogP contribution >= 0.6 is 0 Å². The third-order valence-electron chi connectivity index (χ3n) is 0.947. The van der Waals surface area contributed by atoms with Crippen LogP contribution in [-0.2, 0) is 0 Å². The summed E-state index contributed by atoms with van der Waals surface area (Å²) in [6.07, 6.45) is 9.73. The summed E-state index contributed by atoms with van der Waals surface area (Å²) in [6, 6.07) is 0. The SMILES string of the molecule is [CH2]CC[CH]CC=CC. The molecule has 0 fully saturated rings. The maximum Gasteiger partial charge on any atom is -0.0320 e. The van der Waals surface area contributed by atoms with Crippen molar-refractivity contribution in [2.45, 2.75) is 26.2 Å². The lowest BCUT2D eigenvalue weighted by Gasteiger charge is -1.88. The highest BCUT2D eigenvalue weighted by molar-refractivity contribution is 4.83. The van der Waals surface area contributed by atoms with Crippen LogP contribution in [0.2, 0.25) is 0 Å². The summed E-state index contributed by atoms with van der Waals surface area (Å²) in [7, 11) is 0. The second-order valence-electron chi connectivity index (χ2n) is 1.74. The van der Waals surface area contributed by atoms with Gasteiger partial charge < -0.3 is 0 Å². The lowest BCUT2D eigenvalue weighted by Crippen LogP contribution is -1.70. The highest BCUT2D eigenvalue weighted by Gasteiger charge is 1.79. The predicted octanol–water partition coefficient (Wildman–Crippen LogP) is 2.77. The minimum Gasteiger partial charge on any atom is -0.0917 e. The average molecular weight is 110 g/mol. The third-order valence-corrected chi connectivity index (χ3v) is 0.947. The quantitative estimate of drug-likeness (QED) is 0.385. The Morgan fingerprint density at radius 3 is 2.75 bits per heavy atom. The normalized spacial score (nSPS) is 10.8. The van der Waals surface area contributed by atoms with Crippen LogP contribution in [0.25, 0.3) is 0 Å². The van der Waals surface area contributed by atoms with Crippen LogP contribution in [0.15, 0.2) is 12.2 Å². The predicted molar refractivity (Wildman–Crippen MR) is 38.3 cm³/mol. The molecule has 0 aliphatic rings. The van der Waals surface area contributed by atoms with Crippen LogP contribution in [0, 0.1) is 13.3 Å². The van der Waals surface area contributed by atoms with E-state index in [0.717, 1.165) is 19.3 Å². The first-order valence-corrected chi connectivity index (χ1v) is 3.14. The van der Waals surface area contributed by atoms with Crippen molar-refractivity contribution in [2.75, 3.05) is 0 Å². The van der Waals surface area contributed by atoms with Gasteiger partial charge in [0.1, 0.15) is 0 Å².